The number of nitrogens with zero attached hydrogens (tertiary/aromatic N) is 4. The van der Waals surface area contributed by atoms with Gasteiger partial charge in [-0.25, -0.2) is 0 Å². The summed E-state index contributed by atoms with van der Waals surface area (Å²) < 4.78 is 7.63. The van der Waals surface area contributed by atoms with Crippen LogP contribution >= 0.6 is 0 Å². The molecule has 0 spiro atoms. The molecule has 0 saturated carbocycles. The van der Waals surface area contributed by atoms with Crippen LogP contribution in [0.15, 0.2) is 24.4 Å². The van der Waals surface area contributed by atoms with Crippen LogP contribution in [0, 0.1) is 12.5 Å². The van der Waals surface area contributed by atoms with Gasteiger partial charge in [0.2, 0.25) is 0 Å². The summed E-state index contributed by atoms with van der Waals surface area (Å²) in [6.07, 6.45) is 4.06. The Morgan fingerprint density at radius 2 is 2.12 bits per heavy atom. The van der Waals surface area contributed by atoms with Crippen molar-refractivity contribution >= 4 is 17.5 Å². The van der Waals surface area contributed by atoms with Crippen LogP contribution in [0.25, 0.3) is 4.85 Å². The maximum Gasteiger partial charge on any atom is 0.269 e. The number of hydrogen-bond acceptors (Lipinski definition) is 4. The van der Waals surface area contributed by atoms with Gasteiger partial charge in [-0.05, 0) is 49.3 Å². The van der Waals surface area contributed by atoms with E-state index in [-0.39, 0.29) is 29.6 Å². The zero-order valence-corrected chi connectivity index (χ0v) is 19.0. The highest BCUT2D eigenvalue weighted by molar-refractivity contribution is 6.02. The maximum atomic E-state index is 13.5. The summed E-state index contributed by atoms with van der Waals surface area (Å²) in [5.74, 6) is 0.587. The molecule has 7 heteroatoms. The molecule has 0 aromatic carbocycles. The van der Waals surface area contributed by atoms with Crippen LogP contribution in [0.2, 0.25) is 0 Å². The number of rotatable bonds is 6. The summed E-state index contributed by atoms with van der Waals surface area (Å²) in [6.45, 7) is 15.6. The van der Waals surface area contributed by atoms with Gasteiger partial charge >= 0.3 is 0 Å². The SMILES string of the molecule is [C-]#[N+]c1ccc([C@H](CC(=O)c2cc(C(=O)N3CCC[C@@H]3C)c3n2CCOC3)C(C)C)cn1. The molecule has 2 atom stereocenters. The Bertz CT molecular complexity index is 1050. The average molecular weight is 435 g/mol. The van der Waals surface area contributed by atoms with Crippen LogP contribution in [0.4, 0.5) is 5.82 Å². The number of aromatic nitrogens is 2. The first kappa shape index (κ1) is 22.2. The Balaban J connectivity index is 1.63. The van der Waals surface area contributed by atoms with Crippen molar-refractivity contribution in [2.45, 2.75) is 65.1 Å². The standard InChI is InChI=1S/C25H30N4O3/c1-16(2)19(18-7-8-24(26-4)27-14-18)13-23(30)21-12-20(22-15-32-11-10-29(21)22)25(31)28-9-5-6-17(28)3/h7-8,12,14,16-17,19H,5-6,9-11,13,15H2,1-3H3/t17-,19+/m0/s1. The summed E-state index contributed by atoms with van der Waals surface area (Å²) in [6, 6.07) is 5.60. The van der Waals surface area contributed by atoms with Gasteiger partial charge in [-0.1, -0.05) is 26.5 Å². The highest BCUT2D eigenvalue weighted by Gasteiger charge is 2.33. The fourth-order valence-electron chi connectivity index (χ4n) is 4.86. The minimum atomic E-state index is -0.0152. The molecule has 2 aliphatic rings. The van der Waals surface area contributed by atoms with Crippen LogP contribution < -0.4 is 0 Å². The van der Waals surface area contributed by atoms with Crippen molar-refractivity contribution in [3.05, 3.63) is 58.3 Å². The second-order valence-electron chi connectivity index (χ2n) is 9.12. The molecular formula is C25H30N4O3. The van der Waals surface area contributed by atoms with Crippen molar-refractivity contribution < 1.29 is 14.3 Å². The molecule has 2 aromatic heterocycles. The second kappa shape index (κ2) is 9.25. The molecule has 1 fully saturated rings. The van der Waals surface area contributed by atoms with Crippen molar-refractivity contribution in [1.82, 2.24) is 14.5 Å². The third-order valence-corrected chi connectivity index (χ3v) is 6.76. The maximum absolute atomic E-state index is 13.5. The molecule has 32 heavy (non-hydrogen) atoms. The molecule has 0 unspecified atom stereocenters. The van der Waals surface area contributed by atoms with Crippen molar-refractivity contribution in [3.63, 3.8) is 0 Å². The summed E-state index contributed by atoms with van der Waals surface area (Å²) in [5.41, 5.74) is 2.96. The number of likely N-dealkylation sites (tertiary alicyclic amines) is 1. The monoisotopic (exact) mass is 434 g/mol. The largest absolute Gasteiger partial charge is 0.373 e. The van der Waals surface area contributed by atoms with E-state index in [4.69, 9.17) is 11.3 Å². The molecule has 0 bridgehead atoms. The number of hydrogen-bond donors (Lipinski definition) is 0. The number of ketones is 1. The Morgan fingerprint density at radius 3 is 2.75 bits per heavy atom. The Labute approximate surface area is 189 Å². The lowest BCUT2D eigenvalue weighted by atomic mass is 9.84. The van der Waals surface area contributed by atoms with E-state index in [1.165, 1.54) is 0 Å². The van der Waals surface area contributed by atoms with Crippen LogP contribution in [-0.4, -0.2) is 45.3 Å². The van der Waals surface area contributed by atoms with E-state index >= 15 is 0 Å². The summed E-state index contributed by atoms with van der Waals surface area (Å²) >= 11 is 0. The number of fused-ring (bicyclic) bond motifs is 1. The van der Waals surface area contributed by atoms with Crippen LogP contribution in [0.3, 0.4) is 0 Å². The Morgan fingerprint density at radius 1 is 1.31 bits per heavy atom. The van der Waals surface area contributed by atoms with E-state index in [0.29, 0.717) is 43.3 Å². The molecule has 168 valence electrons. The zero-order valence-electron chi connectivity index (χ0n) is 19.0. The number of ether oxygens (including phenoxy) is 1. The first-order valence-corrected chi connectivity index (χ1v) is 11.4. The third kappa shape index (κ3) is 4.20. The average Bonchev–Trinajstić information content (AvgIpc) is 3.40. The minimum Gasteiger partial charge on any atom is -0.373 e. The predicted molar refractivity (Wildman–Crippen MR) is 121 cm³/mol. The van der Waals surface area contributed by atoms with E-state index < -0.39 is 0 Å². The van der Waals surface area contributed by atoms with Crippen LogP contribution in [0.1, 0.15) is 78.1 Å². The predicted octanol–water partition coefficient (Wildman–Crippen LogP) is 4.60. The lowest BCUT2D eigenvalue weighted by Gasteiger charge is -2.23. The van der Waals surface area contributed by atoms with Gasteiger partial charge in [-0.2, -0.15) is 0 Å². The molecular weight excluding hydrogens is 404 g/mol. The van der Waals surface area contributed by atoms with Crippen LogP contribution in [0.5, 0.6) is 0 Å². The Kier molecular flexibility index (Phi) is 6.43. The smallest absolute Gasteiger partial charge is 0.269 e. The van der Waals surface area contributed by atoms with Gasteiger partial charge in [0.15, 0.2) is 5.78 Å². The van der Waals surface area contributed by atoms with Gasteiger partial charge in [-0.3, -0.25) is 9.59 Å². The number of amides is 1. The second-order valence-corrected chi connectivity index (χ2v) is 9.12. The number of carbonyl (C=O) groups is 2. The quantitative estimate of drug-likeness (QED) is 0.492. The number of pyridine rings is 1. The third-order valence-electron chi connectivity index (χ3n) is 6.76. The van der Waals surface area contributed by atoms with E-state index in [2.05, 4.69) is 30.6 Å². The zero-order chi connectivity index (χ0) is 22.8. The fourth-order valence-corrected chi connectivity index (χ4v) is 4.86. The molecule has 0 N–H and O–H groups in total. The van der Waals surface area contributed by atoms with Crippen molar-refractivity contribution in [2.75, 3.05) is 13.2 Å². The van der Waals surface area contributed by atoms with Gasteiger partial charge in [0.1, 0.15) is 6.20 Å². The van der Waals surface area contributed by atoms with Gasteiger partial charge in [0.05, 0.1) is 30.2 Å². The van der Waals surface area contributed by atoms with E-state index in [0.717, 1.165) is 30.6 Å². The minimum absolute atomic E-state index is 0.00245. The molecule has 7 nitrogen and oxygen atoms in total. The molecule has 1 amide bonds. The van der Waals surface area contributed by atoms with E-state index in [1.807, 2.05) is 15.5 Å². The topological polar surface area (TPSA) is 68.8 Å². The van der Waals surface area contributed by atoms with Crippen molar-refractivity contribution in [1.29, 1.82) is 0 Å². The summed E-state index contributed by atoms with van der Waals surface area (Å²) in [4.78, 5) is 36.2. The van der Waals surface area contributed by atoms with E-state index in [9.17, 15) is 9.59 Å². The first-order valence-electron chi connectivity index (χ1n) is 11.4. The summed E-state index contributed by atoms with van der Waals surface area (Å²) in [5, 5.41) is 0. The number of Topliss-reactive ketones (excluding diaryl/α,β-unsaturated/α-hetero) is 1. The van der Waals surface area contributed by atoms with Crippen molar-refractivity contribution in [2.24, 2.45) is 5.92 Å². The van der Waals surface area contributed by atoms with Crippen LogP contribution in [-0.2, 0) is 17.9 Å². The normalized spacial score (nSPS) is 19.0. The highest BCUT2D eigenvalue weighted by Crippen LogP contribution is 2.32. The summed E-state index contributed by atoms with van der Waals surface area (Å²) in [7, 11) is 0. The molecule has 2 aromatic rings. The Hall–Kier alpha value is -2.98. The van der Waals surface area contributed by atoms with Gasteiger partial charge in [0.25, 0.3) is 11.7 Å². The van der Waals surface area contributed by atoms with Gasteiger partial charge in [0, 0.05) is 25.6 Å². The molecule has 4 rings (SSSR count). The van der Waals surface area contributed by atoms with E-state index in [1.54, 1.807) is 18.3 Å². The lowest BCUT2D eigenvalue weighted by molar-refractivity contribution is 0.0698. The molecule has 2 aliphatic heterocycles. The molecule has 0 aliphatic carbocycles. The van der Waals surface area contributed by atoms with Gasteiger partial charge in [-0.15, -0.1) is 4.98 Å². The van der Waals surface area contributed by atoms with Crippen molar-refractivity contribution in [3.8, 4) is 0 Å². The number of carbonyl (C=O) groups excluding carboxylic acids is 2. The molecule has 4 heterocycles. The lowest BCUT2D eigenvalue weighted by Crippen LogP contribution is -2.34. The highest BCUT2D eigenvalue weighted by atomic mass is 16.5. The van der Waals surface area contributed by atoms with Gasteiger partial charge < -0.3 is 19.0 Å². The first-order chi connectivity index (χ1) is 15.4. The fraction of sp³-hybridized carbons (Fsp3) is 0.520. The molecule has 0 radical (unpaired) electrons. The molecule has 1 saturated heterocycles.